The topological polar surface area (TPSA) is 131 Å². The van der Waals surface area contributed by atoms with Gasteiger partial charge in [0.05, 0.1) is 13.2 Å². The molecule has 10 heteroatoms. The number of hydrogen-bond donors (Lipinski definition) is 3. The van der Waals surface area contributed by atoms with E-state index in [0.29, 0.717) is 12.8 Å². The molecule has 0 spiro atoms. The van der Waals surface area contributed by atoms with Crippen molar-refractivity contribution in [3.63, 3.8) is 0 Å². The van der Waals surface area contributed by atoms with E-state index in [1.807, 2.05) is 0 Å². The zero-order valence-corrected chi connectivity index (χ0v) is 31.2. The monoisotopic (exact) mass is 707 g/mol. The minimum absolute atomic E-state index is 0.0642. The van der Waals surface area contributed by atoms with Gasteiger partial charge < -0.3 is 20.1 Å². The predicted octanol–water partition coefficient (Wildman–Crippen LogP) is 9.54. The molecule has 0 aromatic rings. The zero-order valence-electron chi connectivity index (χ0n) is 30.4. The maximum atomic E-state index is 12.0. The fraction of sp³-hybridized carbons (Fsp3) is 0.641. The number of rotatable bonds is 33. The summed E-state index contributed by atoms with van der Waals surface area (Å²) in [4.78, 5) is 33.7. The van der Waals surface area contributed by atoms with Crippen molar-refractivity contribution < 1.29 is 37.9 Å². The summed E-state index contributed by atoms with van der Waals surface area (Å²) in [5.74, 6) is -0.573. The summed E-state index contributed by atoms with van der Waals surface area (Å²) in [7, 11) is -4.43. The molecule has 0 bridgehead atoms. The number of hydrogen-bond acceptors (Lipinski definition) is 7. The van der Waals surface area contributed by atoms with Crippen LogP contribution in [0.3, 0.4) is 0 Å². The Morgan fingerprint density at radius 1 is 0.633 bits per heavy atom. The Morgan fingerprint density at radius 2 is 1.10 bits per heavy atom. The largest absolute Gasteiger partial charge is 0.472 e. The van der Waals surface area contributed by atoms with Crippen molar-refractivity contribution in [2.45, 2.75) is 136 Å². The Labute approximate surface area is 297 Å². The highest BCUT2D eigenvalue weighted by atomic mass is 31.2. The molecule has 0 fully saturated rings. The van der Waals surface area contributed by atoms with E-state index in [1.54, 1.807) is 0 Å². The number of esters is 1. The standard InChI is InChI=1S/C39H66NO8P/c1-3-5-7-9-11-13-15-17-18-20-21-23-25-27-29-31-38(42)40-33-34-47-49(44,45)48-36-37(41)35-46-39(43)32-30-28-26-24-22-19-16-14-12-10-8-6-4-2/h5-8,11-14,17-19,22,37,41H,3-4,9-10,15-16,20-21,23-36H2,1-2H3,(H,40,42)(H,44,45)/b7-5-,8-6-,13-11-,14-12-,18-17-,22-19-. The van der Waals surface area contributed by atoms with Gasteiger partial charge in [0.1, 0.15) is 12.7 Å². The van der Waals surface area contributed by atoms with E-state index in [9.17, 15) is 24.2 Å². The van der Waals surface area contributed by atoms with Gasteiger partial charge in [-0.3, -0.25) is 18.6 Å². The summed E-state index contributed by atoms with van der Waals surface area (Å²) in [6, 6.07) is 0. The maximum Gasteiger partial charge on any atom is 0.472 e. The summed E-state index contributed by atoms with van der Waals surface area (Å²) in [5.41, 5.74) is 0. The number of carbonyl (C=O) groups excluding carboxylic acids is 2. The number of carbonyl (C=O) groups is 2. The molecule has 49 heavy (non-hydrogen) atoms. The van der Waals surface area contributed by atoms with Crippen LogP contribution in [0.5, 0.6) is 0 Å². The minimum atomic E-state index is -4.43. The van der Waals surface area contributed by atoms with Crippen molar-refractivity contribution in [1.29, 1.82) is 0 Å². The smallest absolute Gasteiger partial charge is 0.463 e. The quantitative estimate of drug-likeness (QED) is 0.0266. The first kappa shape index (κ1) is 46.5. The summed E-state index contributed by atoms with van der Waals surface area (Å²) in [6.07, 6.45) is 41.2. The first-order valence-corrected chi connectivity index (χ1v) is 19.9. The molecule has 2 unspecified atom stereocenters. The summed E-state index contributed by atoms with van der Waals surface area (Å²) in [6.45, 7) is 3.23. The van der Waals surface area contributed by atoms with Crippen LogP contribution >= 0.6 is 7.82 Å². The second-order valence-electron chi connectivity index (χ2n) is 11.8. The fourth-order valence-electron chi connectivity index (χ4n) is 4.41. The van der Waals surface area contributed by atoms with Gasteiger partial charge in [-0.2, -0.15) is 0 Å². The number of aliphatic hydroxyl groups excluding tert-OH is 1. The lowest BCUT2D eigenvalue weighted by atomic mass is 10.1. The van der Waals surface area contributed by atoms with Crippen LogP contribution in [0.1, 0.15) is 129 Å². The van der Waals surface area contributed by atoms with E-state index in [2.05, 4.69) is 92.1 Å². The Bertz CT molecular complexity index is 1030. The number of phosphoric acid groups is 1. The summed E-state index contributed by atoms with van der Waals surface area (Å²) < 4.78 is 26.7. The number of nitrogens with one attached hydrogen (secondary N) is 1. The third kappa shape index (κ3) is 36.6. The van der Waals surface area contributed by atoms with Crippen LogP contribution in [-0.2, 0) is 27.9 Å². The lowest BCUT2D eigenvalue weighted by Gasteiger charge is -2.15. The molecule has 280 valence electrons. The average molecular weight is 708 g/mol. The lowest BCUT2D eigenvalue weighted by Crippen LogP contribution is -2.27. The molecule has 0 heterocycles. The van der Waals surface area contributed by atoms with E-state index in [-0.39, 0.29) is 32.1 Å². The van der Waals surface area contributed by atoms with E-state index in [4.69, 9.17) is 13.8 Å². The van der Waals surface area contributed by atoms with Crippen LogP contribution in [0.4, 0.5) is 0 Å². The fourth-order valence-corrected chi connectivity index (χ4v) is 5.16. The van der Waals surface area contributed by atoms with Crippen molar-refractivity contribution in [3.05, 3.63) is 72.9 Å². The molecule has 0 saturated carbocycles. The van der Waals surface area contributed by atoms with E-state index in [0.717, 1.165) is 96.3 Å². The minimum Gasteiger partial charge on any atom is -0.463 e. The molecule has 0 saturated heterocycles. The van der Waals surface area contributed by atoms with Crippen LogP contribution < -0.4 is 5.32 Å². The third-order valence-corrected chi connectivity index (χ3v) is 8.12. The van der Waals surface area contributed by atoms with Gasteiger partial charge in [0.2, 0.25) is 5.91 Å². The molecule has 0 rings (SSSR count). The van der Waals surface area contributed by atoms with E-state index in [1.165, 1.54) is 0 Å². The van der Waals surface area contributed by atoms with Gasteiger partial charge in [-0.05, 0) is 77.0 Å². The number of allylic oxidation sites excluding steroid dienone is 12. The van der Waals surface area contributed by atoms with Crippen molar-refractivity contribution >= 4 is 19.7 Å². The first-order valence-electron chi connectivity index (χ1n) is 18.4. The summed E-state index contributed by atoms with van der Waals surface area (Å²) in [5, 5.41) is 12.6. The van der Waals surface area contributed by atoms with Crippen LogP contribution in [0.15, 0.2) is 72.9 Å². The molecule has 9 nitrogen and oxygen atoms in total. The highest BCUT2D eigenvalue weighted by molar-refractivity contribution is 7.47. The molecule has 2 atom stereocenters. The normalized spacial score (nSPS) is 14.3. The molecule has 0 aliphatic heterocycles. The highest BCUT2D eigenvalue weighted by Gasteiger charge is 2.23. The highest BCUT2D eigenvalue weighted by Crippen LogP contribution is 2.42. The molecule has 3 N–H and O–H groups in total. The van der Waals surface area contributed by atoms with Gasteiger partial charge in [0, 0.05) is 19.4 Å². The number of unbranched alkanes of at least 4 members (excludes halogenated alkanes) is 8. The summed E-state index contributed by atoms with van der Waals surface area (Å²) >= 11 is 0. The molecule has 0 aromatic heterocycles. The molecular weight excluding hydrogens is 641 g/mol. The SMILES string of the molecule is CC/C=C\C/C=C\C/C=C\CCCCCCCC(=O)NCCOP(=O)(O)OCC(O)COC(=O)CCCCC/C=C\C/C=C\C/C=C\CC. The first-order chi connectivity index (χ1) is 23.8. The molecule has 1 amide bonds. The molecule has 0 aromatic carbocycles. The van der Waals surface area contributed by atoms with Crippen molar-refractivity contribution in [2.75, 3.05) is 26.4 Å². The van der Waals surface area contributed by atoms with Gasteiger partial charge >= 0.3 is 13.8 Å². The second kappa shape index (κ2) is 35.3. The molecular formula is C39H66NO8P. The van der Waals surface area contributed by atoms with Crippen molar-refractivity contribution in [1.82, 2.24) is 5.32 Å². The third-order valence-electron chi connectivity index (χ3n) is 7.13. The zero-order chi connectivity index (χ0) is 36.1. The van der Waals surface area contributed by atoms with Gasteiger partial charge in [-0.25, -0.2) is 4.57 Å². The molecule has 0 radical (unpaired) electrons. The number of amides is 1. The average Bonchev–Trinajstić information content (AvgIpc) is 3.08. The second-order valence-corrected chi connectivity index (χ2v) is 13.2. The Kier molecular flexibility index (Phi) is 33.4. The van der Waals surface area contributed by atoms with E-state index >= 15 is 0 Å². The molecule has 0 aliphatic rings. The Balaban J connectivity index is 3.71. The van der Waals surface area contributed by atoms with Gasteiger partial charge in [0.25, 0.3) is 0 Å². The Hall–Kier alpha value is -2.55. The van der Waals surface area contributed by atoms with Crippen molar-refractivity contribution in [3.8, 4) is 0 Å². The van der Waals surface area contributed by atoms with E-state index < -0.39 is 26.5 Å². The van der Waals surface area contributed by atoms with Gasteiger partial charge in [-0.1, -0.05) is 112 Å². The molecule has 0 aliphatic carbocycles. The van der Waals surface area contributed by atoms with Gasteiger partial charge in [0.15, 0.2) is 0 Å². The maximum absolute atomic E-state index is 12.0. The Morgan fingerprint density at radius 3 is 1.67 bits per heavy atom. The van der Waals surface area contributed by atoms with Crippen molar-refractivity contribution in [2.24, 2.45) is 0 Å². The van der Waals surface area contributed by atoms with Crippen LogP contribution in [0, 0.1) is 0 Å². The number of ether oxygens (including phenoxy) is 1. The van der Waals surface area contributed by atoms with Crippen LogP contribution in [0.25, 0.3) is 0 Å². The number of aliphatic hydroxyl groups is 1. The lowest BCUT2D eigenvalue weighted by molar-refractivity contribution is -0.147. The van der Waals surface area contributed by atoms with Crippen LogP contribution in [-0.4, -0.2) is 54.3 Å². The predicted molar refractivity (Wildman–Crippen MR) is 201 cm³/mol. The van der Waals surface area contributed by atoms with Crippen LogP contribution in [0.2, 0.25) is 0 Å². The van der Waals surface area contributed by atoms with Gasteiger partial charge in [-0.15, -0.1) is 0 Å². The number of phosphoric ester groups is 1.